The normalized spacial score (nSPS) is 18.3. The Labute approximate surface area is 220 Å². The molecular weight excluding hydrogens is 499 g/mol. The van der Waals surface area contributed by atoms with Crippen molar-refractivity contribution in [3.8, 4) is 11.5 Å². The van der Waals surface area contributed by atoms with Gasteiger partial charge in [0.25, 0.3) is 0 Å². The SMILES string of the molecule is COC(=O)[C@H](CCCN)C1CCC(Oc2cc3c(Nc4cccc(Cl)c4F)ncnc3cc2OC)CC1. The number of carbonyl (C=O) groups is 1. The Kier molecular flexibility index (Phi) is 9.00. The number of ether oxygens (including phenoxy) is 3. The van der Waals surface area contributed by atoms with Gasteiger partial charge in [-0.3, -0.25) is 4.79 Å². The van der Waals surface area contributed by atoms with Gasteiger partial charge >= 0.3 is 5.97 Å². The van der Waals surface area contributed by atoms with Gasteiger partial charge in [0.1, 0.15) is 12.1 Å². The highest BCUT2D eigenvalue weighted by Crippen LogP contribution is 2.39. The van der Waals surface area contributed by atoms with Crippen LogP contribution in [0.1, 0.15) is 38.5 Å². The summed E-state index contributed by atoms with van der Waals surface area (Å²) in [5.41, 5.74) is 6.50. The summed E-state index contributed by atoms with van der Waals surface area (Å²) >= 11 is 5.94. The molecule has 198 valence electrons. The van der Waals surface area contributed by atoms with Crippen LogP contribution in [0.2, 0.25) is 5.02 Å². The molecule has 8 nitrogen and oxygen atoms in total. The van der Waals surface area contributed by atoms with Gasteiger partial charge in [0.2, 0.25) is 0 Å². The molecule has 2 aromatic carbocycles. The van der Waals surface area contributed by atoms with Gasteiger partial charge in [0.15, 0.2) is 17.3 Å². The van der Waals surface area contributed by atoms with E-state index in [0.717, 1.165) is 38.5 Å². The maximum absolute atomic E-state index is 14.5. The topological polar surface area (TPSA) is 109 Å². The van der Waals surface area contributed by atoms with Crippen LogP contribution in [0.25, 0.3) is 10.9 Å². The number of halogens is 2. The van der Waals surface area contributed by atoms with Gasteiger partial charge in [-0.15, -0.1) is 0 Å². The molecular formula is C27H32ClFN4O4. The van der Waals surface area contributed by atoms with E-state index in [2.05, 4.69) is 15.3 Å². The molecule has 1 aromatic heterocycles. The lowest BCUT2D eigenvalue weighted by Gasteiger charge is -2.33. The van der Waals surface area contributed by atoms with Crippen molar-refractivity contribution in [2.45, 2.75) is 44.6 Å². The van der Waals surface area contributed by atoms with Crippen molar-refractivity contribution in [2.75, 3.05) is 26.1 Å². The summed E-state index contributed by atoms with van der Waals surface area (Å²) in [4.78, 5) is 21.0. The van der Waals surface area contributed by atoms with E-state index in [-0.39, 0.29) is 34.6 Å². The molecule has 4 rings (SSSR count). The van der Waals surface area contributed by atoms with Crippen LogP contribution in [-0.2, 0) is 9.53 Å². The standard InChI is InChI=1S/C27H32ClFN4O4/c1-35-23-14-22-19(26(32-15-31-22)33-21-7-3-6-20(28)25(21)29)13-24(23)37-17-10-8-16(9-11-17)18(5-4-12-30)27(34)36-2/h3,6-7,13-18H,4-5,8-12,30H2,1-2H3,(H,31,32,33)/t16?,17?,18-/m1/s1. The number of nitrogens with two attached hydrogens (primary N) is 1. The van der Waals surface area contributed by atoms with Crippen LogP contribution in [-0.4, -0.2) is 42.8 Å². The highest BCUT2D eigenvalue weighted by molar-refractivity contribution is 6.31. The number of nitrogens with zero attached hydrogens (tertiary/aromatic N) is 2. The molecule has 0 amide bonds. The first-order valence-corrected chi connectivity index (χ1v) is 12.8. The Morgan fingerprint density at radius 3 is 2.68 bits per heavy atom. The van der Waals surface area contributed by atoms with Gasteiger partial charge in [-0.2, -0.15) is 0 Å². The average molecular weight is 531 g/mol. The smallest absolute Gasteiger partial charge is 0.308 e. The van der Waals surface area contributed by atoms with E-state index in [1.807, 2.05) is 6.07 Å². The lowest BCUT2D eigenvalue weighted by Crippen LogP contribution is -2.32. The van der Waals surface area contributed by atoms with Crippen LogP contribution in [0.5, 0.6) is 11.5 Å². The monoisotopic (exact) mass is 530 g/mol. The molecule has 1 aliphatic carbocycles. The summed E-state index contributed by atoms with van der Waals surface area (Å²) in [5, 5.41) is 3.68. The van der Waals surface area contributed by atoms with Crippen molar-refractivity contribution < 1.29 is 23.4 Å². The molecule has 1 saturated carbocycles. The molecule has 0 bridgehead atoms. The fourth-order valence-electron chi connectivity index (χ4n) is 4.97. The molecule has 1 heterocycles. The Bertz CT molecular complexity index is 1240. The third kappa shape index (κ3) is 6.22. The van der Waals surface area contributed by atoms with Crippen molar-refractivity contribution in [2.24, 2.45) is 17.6 Å². The summed E-state index contributed by atoms with van der Waals surface area (Å²) in [6.45, 7) is 0.554. The van der Waals surface area contributed by atoms with Crippen molar-refractivity contribution >= 4 is 40.0 Å². The molecule has 1 fully saturated rings. The van der Waals surface area contributed by atoms with Crippen molar-refractivity contribution in [3.63, 3.8) is 0 Å². The van der Waals surface area contributed by atoms with E-state index in [4.69, 9.17) is 31.5 Å². The maximum Gasteiger partial charge on any atom is 0.308 e. The number of hydrogen-bond acceptors (Lipinski definition) is 8. The molecule has 1 atom stereocenters. The lowest BCUT2D eigenvalue weighted by atomic mass is 9.77. The van der Waals surface area contributed by atoms with Gasteiger partial charge in [-0.05, 0) is 69.2 Å². The van der Waals surface area contributed by atoms with Gasteiger partial charge in [0.05, 0.1) is 42.5 Å². The Morgan fingerprint density at radius 2 is 1.97 bits per heavy atom. The number of rotatable bonds is 10. The Hall–Kier alpha value is -3.17. The molecule has 37 heavy (non-hydrogen) atoms. The van der Waals surface area contributed by atoms with Gasteiger partial charge in [-0.25, -0.2) is 14.4 Å². The highest BCUT2D eigenvalue weighted by atomic mass is 35.5. The average Bonchev–Trinajstić information content (AvgIpc) is 2.92. The number of carbonyl (C=O) groups excluding carboxylic acids is 1. The first kappa shape index (κ1) is 26.9. The second-order valence-corrected chi connectivity index (χ2v) is 9.59. The minimum Gasteiger partial charge on any atom is -0.493 e. The number of aromatic nitrogens is 2. The number of anilines is 2. The van der Waals surface area contributed by atoms with E-state index < -0.39 is 5.82 Å². The fourth-order valence-corrected chi connectivity index (χ4v) is 5.14. The van der Waals surface area contributed by atoms with Crippen LogP contribution >= 0.6 is 11.6 Å². The van der Waals surface area contributed by atoms with E-state index >= 15 is 0 Å². The van der Waals surface area contributed by atoms with Gasteiger partial charge in [-0.1, -0.05) is 17.7 Å². The van der Waals surface area contributed by atoms with E-state index in [1.165, 1.54) is 19.5 Å². The molecule has 10 heteroatoms. The molecule has 3 aromatic rings. The van der Waals surface area contributed by atoms with Crippen molar-refractivity contribution in [1.82, 2.24) is 9.97 Å². The van der Waals surface area contributed by atoms with E-state index in [0.29, 0.717) is 34.8 Å². The second kappa shape index (κ2) is 12.4. The largest absolute Gasteiger partial charge is 0.493 e. The number of nitrogens with one attached hydrogen (secondary N) is 1. The molecule has 0 saturated heterocycles. The quantitative estimate of drug-likeness (QED) is 0.324. The number of methoxy groups -OCH3 is 2. The van der Waals surface area contributed by atoms with Crippen LogP contribution in [0.4, 0.5) is 15.9 Å². The predicted octanol–water partition coefficient (Wildman–Crippen LogP) is 5.64. The summed E-state index contributed by atoms with van der Waals surface area (Å²) in [7, 11) is 3.01. The van der Waals surface area contributed by atoms with E-state index in [1.54, 1.807) is 25.3 Å². The lowest BCUT2D eigenvalue weighted by molar-refractivity contribution is -0.148. The van der Waals surface area contributed by atoms with Crippen LogP contribution in [0, 0.1) is 17.7 Å². The molecule has 0 unspecified atom stereocenters. The summed E-state index contributed by atoms with van der Waals surface area (Å²) in [6.07, 6.45) is 6.20. The Morgan fingerprint density at radius 1 is 1.19 bits per heavy atom. The minimum absolute atomic E-state index is 0.0159. The second-order valence-electron chi connectivity index (χ2n) is 9.18. The number of esters is 1. The molecule has 0 spiro atoms. The third-order valence-electron chi connectivity index (χ3n) is 6.93. The zero-order chi connectivity index (χ0) is 26.4. The summed E-state index contributed by atoms with van der Waals surface area (Å²) in [5.74, 6) is 0.901. The van der Waals surface area contributed by atoms with Crippen molar-refractivity contribution in [3.05, 3.63) is 47.5 Å². The predicted molar refractivity (Wildman–Crippen MR) is 141 cm³/mol. The minimum atomic E-state index is -0.561. The molecule has 3 N–H and O–H groups in total. The summed E-state index contributed by atoms with van der Waals surface area (Å²) in [6, 6.07) is 8.31. The maximum atomic E-state index is 14.5. The molecule has 0 radical (unpaired) electrons. The van der Waals surface area contributed by atoms with Gasteiger partial charge in [0, 0.05) is 11.5 Å². The number of hydrogen-bond donors (Lipinski definition) is 2. The zero-order valence-electron chi connectivity index (χ0n) is 21.0. The van der Waals surface area contributed by atoms with Gasteiger partial charge < -0.3 is 25.3 Å². The zero-order valence-corrected chi connectivity index (χ0v) is 21.8. The molecule has 0 aliphatic heterocycles. The fraction of sp³-hybridized carbons (Fsp3) is 0.444. The van der Waals surface area contributed by atoms with Crippen LogP contribution in [0.15, 0.2) is 36.7 Å². The van der Waals surface area contributed by atoms with E-state index in [9.17, 15) is 9.18 Å². The first-order chi connectivity index (χ1) is 17.9. The number of benzene rings is 2. The summed E-state index contributed by atoms with van der Waals surface area (Å²) < 4.78 is 31.5. The number of fused-ring (bicyclic) bond motifs is 1. The highest BCUT2D eigenvalue weighted by Gasteiger charge is 2.33. The van der Waals surface area contributed by atoms with Crippen LogP contribution < -0.4 is 20.5 Å². The molecule has 1 aliphatic rings. The Balaban J connectivity index is 1.53. The van der Waals surface area contributed by atoms with Crippen LogP contribution in [0.3, 0.4) is 0 Å². The third-order valence-corrected chi connectivity index (χ3v) is 7.22. The van der Waals surface area contributed by atoms with Crippen molar-refractivity contribution in [1.29, 1.82) is 0 Å². The first-order valence-electron chi connectivity index (χ1n) is 12.4.